The molecule has 0 radical (unpaired) electrons. The number of nitrogens with one attached hydrogen (secondary N) is 2. The van der Waals surface area contributed by atoms with E-state index < -0.39 is 10.0 Å². The van der Waals surface area contributed by atoms with Crippen LogP contribution < -0.4 is 10.0 Å². The van der Waals surface area contributed by atoms with Crippen LogP contribution in [0.15, 0.2) is 34.2 Å². The number of carbonyl (C=O) groups excluding carboxylic acids is 1. The van der Waals surface area contributed by atoms with Gasteiger partial charge in [-0.2, -0.15) is 0 Å². The summed E-state index contributed by atoms with van der Waals surface area (Å²) in [5, 5.41) is 3.54. The van der Waals surface area contributed by atoms with Crippen LogP contribution in [0.1, 0.15) is 24.8 Å². The number of amides is 1. The first kappa shape index (κ1) is 18.2. The van der Waals surface area contributed by atoms with E-state index in [0.29, 0.717) is 24.2 Å². The number of aliphatic imine (C=N–C) groups is 1. The lowest BCUT2D eigenvalue weighted by Gasteiger charge is -2.23. The van der Waals surface area contributed by atoms with Gasteiger partial charge in [0.1, 0.15) is 12.4 Å². The van der Waals surface area contributed by atoms with Gasteiger partial charge in [-0.1, -0.05) is 12.1 Å². The summed E-state index contributed by atoms with van der Waals surface area (Å²) >= 11 is 0. The van der Waals surface area contributed by atoms with Gasteiger partial charge in [-0.15, -0.1) is 12.4 Å². The molecule has 25 heavy (non-hydrogen) atoms. The molecule has 0 saturated carbocycles. The van der Waals surface area contributed by atoms with E-state index in [1.165, 1.54) is 6.42 Å². The van der Waals surface area contributed by atoms with E-state index >= 15 is 0 Å². The lowest BCUT2D eigenvalue weighted by molar-refractivity contribution is -0.129. The van der Waals surface area contributed by atoms with Gasteiger partial charge >= 0.3 is 0 Å². The molecular formula is C16H21ClN4O3S. The molecule has 1 amide bonds. The van der Waals surface area contributed by atoms with Gasteiger partial charge in [0.05, 0.1) is 4.90 Å². The third-order valence-corrected chi connectivity index (χ3v) is 6.31. The van der Waals surface area contributed by atoms with Crippen LogP contribution in [0.5, 0.6) is 0 Å². The number of likely N-dealkylation sites (tertiary alicyclic amines) is 1. The number of benzene rings is 1. The average molecular weight is 385 g/mol. The molecule has 0 aromatic heterocycles. The first-order valence-corrected chi connectivity index (χ1v) is 9.72. The van der Waals surface area contributed by atoms with Crippen molar-refractivity contribution in [3.63, 3.8) is 0 Å². The number of carbonyl (C=O) groups is 1. The van der Waals surface area contributed by atoms with E-state index in [-0.39, 0.29) is 35.6 Å². The Morgan fingerprint density at radius 1 is 1.20 bits per heavy atom. The van der Waals surface area contributed by atoms with Crippen LogP contribution >= 0.6 is 12.4 Å². The highest BCUT2D eigenvalue weighted by Gasteiger charge is 2.32. The molecule has 2 saturated heterocycles. The Morgan fingerprint density at radius 3 is 2.80 bits per heavy atom. The summed E-state index contributed by atoms with van der Waals surface area (Å²) in [6.07, 6.45) is 3.26. The first-order valence-electron chi connectivity index (χ1n) is 8.23. The maximum atomic E-state index is 12.5. The summed E-state index contributed by atoms with van der Waals surface area (Å²) in [4.78, 5) is 18.8. The average Bonchev–Trinajstić information content (AvgIpc) is 3.02. The number of nitrogens with zero attached hydrogens (tertiary/aromatic N) is 2. The van der Waals surface area contributed by atoms with Crippen LogP contribution in [0, 0.1) is 0 Å². The monoisotopic (exact) mass is 384 g/mol. The van der Waals surface area contributed by atoms with Crippen molar-refractivity contribution in [1.29, 1.82) is 0 Å². The van der Waals surface area contributed by atoms with Gasteiger partial charge in [0.15, 0.2) is 0 Å². The zero-order valence-electron chi connectivity index (χ0n) is 13.6. The predicted molar refractivity (Wildman–Crippen MR) is 96.6 cm³/mol. The van der Waals surface area contributed by atoms with Crippen LogP contribution in [0.4, 0.5) is 0 Å². The minimum absolute atomic E-state index is 0. The Kier molecular flexibility index (Phi) is 5.04. The van der Waals surface area contributed by atoms with Crippen molar-refractivity contribution in [2.75, 3.05) is 19.6 Å². The molecule has 2 atom stereocenters. The van der Waals surface area contributed by atoms with Gasteiger partial charge in [0.25, 0.3) is 10.0 Å². The van der Waals surface area contributed by atoms with Crippen LogP contribution in [0.25, 0.3) is 0 Å². The highest BCUT2D eigenvalue weighted by molar-refractivity contribution is 7.90. The van der Waals surface area contributed by atoms with E-state index in [9.17, 15) is 13.2 Å². The molecule has 0 aliphatic carbocycles. The van der Waals surface area contributed by atoms with E-state index in [1.807, 2.05) is 4.90 Å². The predicted octanol–water partition coefficient (Wildman–Crippen LogP) is 0.500. The molecule has 0 spiro atoms. The second kappa shape index (κ2) is 6.93. The standard InChI is InChI=1S/C16H20N4O3S.ClH/c21-15(20-8-7-11-5-6-12(10-20)18-11)9-17-16-13-3-1-2-4-14(13)24(22,23)19-16;/h1-4,11-12,18H,5-10H2,(H,17,19);1H. The summed E-state index contributed by atoms with van der Waals surface area (Å²) in [5.41, 5.74) is 0.530. The Hall–Kier alpha value is -1.64. The molecule has 2 fully saturated rings. The maximum absolute atomic E-state index is 12.5. The number of fused-ring (bicyclic) bond motifs is 3. The molecule has 3 aliphatic rings. The molecule has 1 aromatic rings. The molecule has 2 N–H and O–H groups in total. The van der Waals surface area contributed by atoms with Gasteiger partial charge < -0.3 is 10.2 Å². The smallest absolute Gasteiger partial charge is 0.263 e. The van der Waals surface area contributed by atoms with Crippen LogP contribution in [-0.4, -0.2) is 56.8 Å². The van der Waals surface area contributed by atoms with Gasteiger partial charge in [-0.05, 0) is 31.4 Å². The van der Waals surface area contributed by atoms with E-state index in [1.54, 1.807) is 24.3 Å². The number of halogens is 1. The van der Waals surface area contributed by atoms with Crippen molar-refractivity contribution >= 4 is 34.2 Å². The van der Waals surface area contributed by atoms with Crippen molar-refractivity contribution in [2.24, 2.45) is 4.99 Å². The zero-order valence-corrected chi connectivity index (χ0v) is 15.3. The third-order valence-electron chi connectivity index (χ3n) is 4.91. The summed E-state index contributed by atoms with van der Waals surface area (Å²) in [6.45, 7) is 1.41. The van der Waals surface area contributed by atoms with E-state index in [4.69, 9.17) is 0 Å². The largest absolute Gasteiger partial charge is 0.339 e. The Labute approximate surface area is 153 Å². The Bertz CT molecular complexity index is 811. The Morgan fingerprint density at radius 2 is 1.96 bits per heavy atom. The van der Waals surface area contributed by atoms with E-state index in [0.717, 1.165) is 19.4 Å². The van der Waals surface area contributed by atoms with Crippen molar-refractivity contribution in [3.8, 4) is 0 Å². The van der Waals surface area contributed by atoms with Gasteiger partial charge in [0.2, 0.25) is 5.91 Å². The molecule has 7 nitrogen and oxygen atoms in total. The van der Waals surface area contributed by atoms with Crippen LogP contribution in [0.3, 0.4) is 0 Å². The molecule has 4 rings (SSSR count). The first-order chi connectivity index (χ1) is 11.5. The fourth-order valence-electron chi connectivity index (χ4n) is 3.67. The summed E-state index contributed by atoms with van der Waals surface area (Å²) in [5.74, 6) is 0.203. The molecule has 2 bridgehead atoms. The van der Waals surface area contributed by atoms with Gasteiger partial charge in [-0.25, -0.2) is 8.42 Å². The number of hydrogen-bond acceptors (Lipinski definition) is 5. The Balaban J connectivity index is 0.00000182. The number of rotatable bonds is 2. The molecule has 3 aliphatic heterocycles. The van der Waals surface area contributed by atoms with Crippen molar-refractivity contribution < 1.29 is 13.2 Å². The van der Waals surface area contributed by atoms with Gasteiger partial charge in [-0.3, -0.25) is 14.5 Å². The van der Waals surface area contributed by atoms with Crippen LogP contribution in [-0.2, 0) is 14.8 Å². The quantitative estimate of drug-likeness (QED) is 0.776. The second-order valence-corrected chi connectivity index (χ2v) is 8.18. The SMILES string of the molecule is Cl.O=C(CN=C1NS(=O)(=O)c2ccccc21)N1CCC2CCC(C1)N2. The number of sulfonamides is 1. The molecular weight excluding hydrogens is 364 g/mol. The fourth-order valence-corrected chi connectivity index (χ4v) is 4.92. The zero-order chi connectivity index (χ0) is 16.7. The van der Waals surface area contributed by atoms with Crippen molar-refractivity contribution in [3.05, 3.63) is 29.8 Å². The van der Waals surface area contributed by atoms with Crippen molar-refractivity contribution in [2.45, 2.75) is 36.2 Å². The highest BCUT2D eigenvalue weighted by atomic mass is 35.5. The normalized spacial score (nSPS) is 28.0. The minimum Gasteiger partial charge on any atom is -0.339 e. The van der Waals surface area contributed by atoms with E-state index in [2.05, 4.69) is 15.0 Å². The third kappa shape index (κ3) is 3.51. The lowest BCUT2D eigenvalue weighted by atomic mass is 10.1. The summed E-state index contributed by atoms with van der Waals surface area (Å²) in [7, 11) is -3.56. The molecule has 136 valence electrons. The topological polar surface area (TPSA) is 90.9 Å². The molecule has 2 unspecified atom stereocenters. The number of amidine groups is 1. The second-order valence-electron chi connectivity index (χ2n) is 6.53. The summed E-state index contributed by atoms with van der Waals surface area (Å²) in [6, 6.07) is 7.57. The summed E-state index contributed by atoms with van der Waals surface area (Å²) < 4.78 is 26.5. The highest BCUT2D eigenvalue weighted by Crippen LogP contribution is 2.23. The minimum atomic E-state index is -3.56. The van der Waals surface area contributed by atoms with Crippen molar-refractivity contribution in [1.82, 2.24) is 14.9 Å². The maximum Gasteiger partial charge on any atom is 0.263 e. The molecule has 1 aromatic carbocycles. The lowest BCUT2D eigenvalue weighted by Crippen LogP contribution is -2.40. The van der Waals surface area contributed by atoms with Gasteiger partial charge in [0, 0.05) is 30.7 Å². The molecule has 3 heterocycles. The fraction of sp³-hybridized carbons (Fsp3) is 0.500. The number of hydrogen-bond donors (Lipinski definition) is 2. The van der Waals surface area contributed by atoms with Crippen LogP contribution in [0.2, 0.25) is 0 Å². The molecule has 9 heteroatoms.